The molecule has 0 saturated heterocycles. The third-order valence-corrected chi connectivity index (χ3v) is 6.54. The Morgan fingerprint density at radius 1 is 0.897 bits per heavy atom. The molecule has 0 saturated carbocycles. The van der Waals surface area contributed by atoms with Crippen molar-refractivity contribution < 1.29 is 29.4 Å². The Labute approximate surface area is 225 Å². The van der Waals surface area contributed by atoms with E-state index in [1.807, 2.05) is 29.2 Å². The molecule has 202 valence electrons. The highest BCUT2D eigenvalue weighted by molar-refractivity contribution is 6.00. The van der Waals surface area contributed by atoms with Crippen LogP contribution in [0.4, 0.5) is 16.2 Å². The maximum atomic E-state index is 13.2. The number of para-hydroxylation sites is 1. The second-order valence-electron chi connectivity index (χ2n) is 9.49. The average Bonchev–Trinajstić information content (AvgIpc) is 3.23. The van der Waals surface area contributed by atoms with E-state index in [2.05, 4.69) is 16.0 Å². The lowest BCUT2D eigenvalue weighted by Crippen LogP contribution is -2.46. The van der Waals surface area contributed by atoms with Gasteiger partial charge in [-0.3, -0.25) is 14.5 Å². The molecule has 39 heavy (non-hydrogen) atoms. The lowest BCUT2D eigenvalue weighted by atomic mass is 10.0. The molecule has 0 aromatic heterocycles. The van der Waals surface area contributed by atoms with E-state index in [4.69, 9.17) is 5.11 Å². The van der Waals surface area contributed by atoms with Gasteiger partial charge in [-0.1, -0.05) is 48.5 Å². The number of hydrogen-bond donors (Lipinski definition) is 5. The summed E-state index contributed by atoms with van der Waals surface area (Å²) in [5.41, 5.74) is 4.40. The van der Waals surface area contributed by atoms with Gasteiger partial charge >= 0.3 is 18.0 Å². The molecule has 10 heteroatoms. The first-order valence-corrected chi connectivity index (χ1v) is 12.5. The van der Waals surface area contributed by atoms with Crippen LogP contribution in [0.1, 0.15) is 34.7 Å². The molecule has 1 heterocycles. The summed E-state index contributed by atoms with van der Waals surface area (Å²) in [6, 6.07) is 19.2. The SMILES string of the molecule is CN1Cc2cc(NC(=O)Nc3ccccc3)ccc2C1C(=O)NC(Cc1ccc(CCC(=O)O)cc1)C(=O)O. The molecule has 2 atom stereocenters. The van der Waals surface area contributed by atoms with Crippen LogP contribution < -0.4 is 16.0 Å². The summed E-state index contributed by atoms with van der Waals surface area (Å²) < 4.78 is 0. The number of hydrogen-bond acceptors (Lipinski definition) is 5. The Balaban J connectivity index is 1.39. The second kappa shape index (κ2) is 12.2. The monoisotopic (exact) mass is 530 g/mol. The molecule has 0 bridgehead atoms. The number of carbonyl (C=O) groups is 4. The molecule has 1 aliphatic rings. The van der Waals surface area contributed by atoms with E-state index in [9.17, 15) is 24.3 Å². The van der Waals surface area contributed by atoms with E-state index < -0.39 is 29.9 Å². The normalized spacial score (nSPS) is 15.2. The summed E-state index contributed by atoms with van der Waals surface area (Å²) in [7, 11) is 1.78. The minimum atomic E-state index is -1.15. The minimum Gasteiger partial charge on any atom is -0.481 e. The van der Waals surface area contributed by atoms with Crippen molar-refractivity contribution in [3.8, 4) is 0 Å². The number of aliphatic carboxylic acids is 2. The number of carboxylic acids is 2. The minimum absolute atomic E-state index is 0.0158. The molecular formula is C29H30N4O6. The molecule has 0 aliphatic carbocycles. The predicted octanol–water partition coefficient (Wildman–Crippen LogP) is 3.65. The number of amides is 3. The third kappa shape index (κ3) is 7.20. The lowest BCUT2D eigenvalue weighted by molar-refractivity contribution is -0.142. The number of likely N-dealkylation sites (N-methyl/N-ethyl adjacent to an activating group) is 1. The van der Waals surface area contributed by atoms with E-state index in [0.717, 1.165) is 16.7 Å². The van der Waals surface area contributed by atoms with Gasteiger partial charge in [0.2, 0.25) is 5.91 Å². The van der Waals surface area contributed by atoms with Gasteiger partial charge in [-0.15, -0.1) is 0 Å². The number of nitrogens with zero attached hydrogens (tertiary/aromatic N) is 1. The fraction of sp³-hybridized carbons (Fsp3) is 0.241. The van der Waals surface area contributed by atoms with Crippen LogP contribution in [0.2, 0.25) is 0 Å². The Kier molecular flexibility index (Phi) is 8.57. The van der Waals surface area contributed by atoms with Gasteiger partial charge in [-0.25, -0.2) is 9.59 Å². The highest BCUT2D eigenvalue weighted by Gasteiger charge is 2.35. The molecule has 0 radical (unpaired) electrons. The smallest absolute Gasteiger partial charge is 0.326 e. The van der Waals surface area contributed by atoms with Crippen LogP contribution in [0, 0.1) is 0 Å². The summed E-state index contributed by atoms with van der Waals surface area (Å²) in [6.07, 6.45) is 0.488. The Hall–Kier alpha value is -4.70. The molecule has 0 spiro atoms. The quantitative estimate of drug-likeness (QED) is 0.269. The van der Waals surface area contributed by atoms with E-state index >= 15 is 0 Å². The molecular weight excluding hydrogens is 500 g/mol. The van der Waals surface area contributed by atoms with E-state index in [1.54, 1.807) is 55.6 Å². The van der Waals surface area contributed by atoms with Crippen molar-refractivity contribution in [2.24, 2.45) is 0 Å². The topological polar surface area (TPSA) is 148 Å². The maximum Gasteiger partial charge on any atom is 0.326 e. The highest BCUT2D eigenvalue weighted by atomic mass is 16.4. The molecule has 3 aromatic carbocycles. The number of rotatable bonds is 10. The number of carbonyl (C=O) groups excluding carboxylic acids is 2. The Morgan fingerprint density at radius 2 is 1.56 bits per heavy atom. The summed E-state index contributed by atoms with van der Waals surface area (Å²) in [5.74, 6) is -2.46. The van der Waals surface area contributed by atoms with Gasteiger partial charge in [0.05, 0.1) is 0 Å². The zero-order valence-corrected chi connectivity index (χ0v) is 21.4. The Morgan fingerprint density at radius 3 is 2.23 bits per heavy atom. The van der Waals surface area contributed by atoms with Crippen molar-refractivity contribution >= 4 is 35.3 Å². The maximum absolute atomic E-state index is 13.2. The van der Waals surface area contributed by atoms with Gasteiger partial charge in [-0.2, -0.15) is 0 Å². The third-order valence-electron chi connectivity index (χ3n) is 6.54. The van der Waals surface area contributed by atoms with Gasteiger partial charge in [0.25, 0.3) is 0 Å². The molecule has 3 aromatic rings. The van der Waals surface area contributed by atoms with Crippen LogP contribution in [0.15, 0.2) is 72.8 Å². The number of fused-ring (bicyclic) bond motifs is 1. The van der Waals surface area contributed by atoms with Gasteiger partial charge in [-0.05, 0) is 60.0 Å². The van der Waals surface area contributed by atoms with Crippen molar-refractivity contribution in [1.29, 1.82) is 0 Å². The van der Waals surface area contributed by atoms with E-state index in [1.165, 1.54) is 0 Å². The first kappa shape index (κ1) is 27.3. The summed E-state index contributed by atoms with van der Waals surface area (Å²) in [6.45, 7) is 0.457. The first-order valence-electron chi connectivity index (χ1n) is 12.5. The number of aryl methyl sites for hydroxylation is 1. The van der Waals surface area contributed by atoms with Crippen LogP contribution in [0.5, 0.6) is 0 Å². The van der Waals surface area contributed by atoms with Gasteiger partial charge in [0, 0.05) is 30.8 Å². The second-order valence-corrected chi connectivity index (χ2v) is 9.49. The fourth-order valence-electron chi connectivity index (χ4n) is 4.62. The van der Waals surface area contributed by atoms with Gasteiger partial charge in [0.1, 0.15) is 12.1 Å². The molecule has 2 unspecified atom stereocenters. The molecule has 0 fully saturated rings. The van der Waals surface area contributed by atoms with Crippen molar-refractivity contribution in [2.75, 3.05) is 17.7 Å². The molecule has 5 N–H and O–H groups in total. The largest absolute Gasteiger partial charge is 0.481 e. The summed E-state index contributed by atoms with van der Waals surface area (Å²) in [4.78, 5) is 50.1. The number of nitrogens with one attached hydrogen (secondary N) is 3. The summed E-state index contributed by atoms with van der Waals surface area (Å²) >= 11 is 0. The molecule has 10 nitrogen and oxygen atoms in total. The number of urea groups is 1. The average molecular weight is 531 g/mol. The van der Waals surface area contributed by atoms with E-state index in [0.29, 0.717) is 29.9 Å². The van der Waals surface area contributed by atoms with Crippen LogP contribution in [-0.4, -0.2) is 52.1 Å². The van der Waals surface area contributed by atoms with E-state index in [-0.39, 0.29) is 18.9 Å². The zero-order valence-electron chi connectivity index (χ0n) is 21.4. The van der Waals surface area contributed by atoms with Gasteiger partial charge in [0.15, 0.2) is 0 Å². The fourth-order valence-corrected chi connectivity index (χ4v) is 4.62. The summed E-state index contributed by atoms with van der Waals surface area (Å²) in [5, 5.41) is 26.8. The zero-order chi connectivity index (χ0) is 27.9. The molecule has 3 amide bonds. The number of carboxylic acid groups (broad SMARTS) is 2. The van der Waals surface area contributed by atoms with Crippen molar-refractivity contribution in [1.82, 2.24) is 10.2 Å². The molecule has 4 rings (SSSR count). The first-order chi connectivity index (χ1) is 18.7. The molecule has 1 aliphatic heterocycles. The van der Waals surface area contributed by atoms with Crippen LogP contribution >= 0.6 is 0 Å². The van der Waals surface area contributed by atoms with Crippen molar-refractivity contribution in [2.45, 2.75) is 37.9 Å². The van der Waals surface area contributed by atoms with Crippen LogP contribution in [0.25, 0.3) is 0 Å². The van der Waals surface area contributed by atoms with Crippen molar-refractivity contribution in [3.05, 3.63) is 95.1 Å². The highest BCUT2D eigenvalue weighted by Crippen LogP contribution is 2.34. The predicted molar refractivity (Wildman–Crippen MR) is 145 cm³/mol. The Bertz CT molecular complexity index is 1360. The van der Waals surface area contributed by atoms with Gasteiger partial charge < -0.3 is 26.2 Å². The number of benzene rings is 3. The van der Waals surface area contributed by atoms with Crippen LogP contribution in [0.3, 0.4) is 0 Å². The van der Waals surface area contributed by atoms with Crippen molar-refractivity contribution in [3.63, 3.8) is 0 Å². The lowest BCUT2D eigenvalue weighted by Gasteiger charge is -2.23. The van der Waals surface area contributed by atoms with Crippen LogP contribution in [-0.2, 0) is 33.8 Å². The standard InChI is InChI=1S/C29H30N4O6/c1-33-17-20-16-22(31-29(39)30-21-5-3-2-4-6-21)12-13-23(20)26(33)27(36)32-24(28(37)38)15-19-9-7-18(8-10-19)11-14-25(34)35/h2-10,12-13,16,24,26H,11,14-15,17H2,1H3,(H,32,36)(H,34,35)(H,37,38)(H2,30,31,39). The number of anilines is 2.